The van der Waals surface area contributed by atoms with Gasteiger partial charge in [0.15, 0.2) is 0 Å². The summed E-state index contributed by atoms with van der Waals surface area (Å²) in [7, 11) is 0. The summed E-state index contributed by atoms with van der Waals surface area (Å²) in [4.78, 5) is 2.55. The molecule has 0 saturated heterocycles. The van der Waals surface area contributed by atoms with Gasteiger partial charge in [-0.25, -0.2) is 4.39 Å². The maximum atomic E-state index is 13.4. The van der Waals surface area contributed by atoms with Crippen LogP contribution >= 0.6 is 0 Å². The third-order valence-corrected chi connectivity index (χ3v) is 5.93. The van der Waals surface area contributed by atoms with Crippen LogP contribution in [0.1, 0.15) is 62.1 Å². The molecular formula is C24H32FN. The van der Waals surface area contributed by atoms with Gasteiger partial charge in [0.2, 0.25) is 0 Å². The topological polar surface area (TPSA) is 3.24 Å². The highest BCUT2D eigenvalue weighted by Crippen LogP contribution is 2.36. The van der Waals surface area contributed by atoms with Gasteiger partial charge in [-0.1, -0.05) is 61.5 Å². The zero-order chi connectivity index (χ0) is 18.4. The minimum absolute atomic E-state index is 0.430. The molecule has 0 N–H and O–H groups in total. The number of nitrogens with zero attached hydrogens (tertiary/aromatic N) is 1. The van der Waals surface area contributed by atoms with Crippen molar-refractivity contribution in [3.8, 4) is 0 Å². The van der Waals surface area contributed by atoms with Crippen molar-refractivity contribution >= 4 is 0 Å². The van der Waals surface area contributed by atoms with Crippen LogP contribution in [0.4, 0.5) is 4.39 Å². The molecule has 3 unspecified atom stereocenters. The monoisotopic (exact) mass is 353 g/mol. The van der Waals surface area contributed by atoms with Crippen molar-refractivity contribution < 1.29 is 4.39 Å². The molecule has 1 aliphatic carbocycles. The van der Waals surface area contributed by atoms with E-state index in [0.29, 0.717) is 18.4 Å². The largest absolute Gasteiger partial charge is 0.297 e. The predicted octanol–water partition coefficient (Wildman–Crippen LogP) is 6.14. The Kier molecular flexibility index (Phi) is 6.85. The fourth-order valence-electron chi connectivity index (χ4n) is 4.14. The molecule has 3 atom stereocenters. The molecule has 1 fully saturated rings. The van der Waals surface area contributed by atoms with Crippen LogP contribution in [-0.2, 0) is 13.0 Å². The third kappa shape index (κ3) is 5.17. The Bertz CT molecular complexity index is 652. The molecule has 0 bridgehead atoms. The zero-order valence-corrected chi connectivity index (χ0v) is 16.2. The zero-order valence-electron chi connectivity index (χ0n) is 16.2. The third-order valence-electron chi connectivity index (χ3n) is 5.93. The van der Waals surface area contributed by atoms with Crippen LogP contribution in [-0.4, -0.2) is 23.7 Å². The second-order valence-electron chi connectivity index (χ2n) is 7.79. The van der Waals surface area contributed by atoms with E-state index >= 15 is 0 Å². The SMILES string of the molecule is CCN(Cc1ccccc1)C(C)CCc1ccc(C2CCC(F)C2)cc1. The number of benzene rings is 2. The van der Waals surface area contributed by atoms with E-state index in [9.17, 15) is 4.39 Å². The van der Waals surface area contributed by atoms with Crippen LogP contribution in [0.25, 0.3) is 0 Å². The molecule has 2 aromatic rings. The average molecular weight is 354 g/mol. The molecule has 1 saturated carbocycles. The number of aryl methyl sites for hydroxylation is 1. The van der Waals surface area contributed by atoms with Crippen molar-refractivity contribution in [2.75, 3.05) is 6.54 Å². The van der Waals surface area contributed by atoms with Crippen molar-refractivity contribution in [1.82, 2.24) is 4.90 Å². The standard InChI is InChI=1S/C24H32FN/c1-3-26(18-21-7-5-4-6-8-21)19(2)9-10-20-11-13-22(14-12-20)23-15-16-24(25)17-23/h4-8,11-14,19,23-24H,3,9-10,15-18H2,1-2H3. The van der Waals surface area contributed by atoms with Crippen molar-refractivity contribution in [2.24, 2.45) is 0 Å². The second kappa shape index (κ2) is 9.32. The van der Waals surface area contributed by atoms with Crippen LogP contribution in [0.15, 0.2) is 54.6 Å². The Morgan fingerprint density at radius 3 is 2.35 bits per heavy atom. The van der Waals surface area contributed by atoms with E-state index in [1.54, 1.807) is 0 Å². The first-order chi connectivity index (χ1) is 12.7. The van der Waals surface area contributed by atoms with E-state index in [-0.39, 0.29) is 0 Å². The Morgan fingerprint density at radius 2 is 1.73 bits per heavy atom. The molecule has 1 aliphatic rings. The van der Waals surface area contributed by atoms with Crippen molar-refractivity contribution in [3.63, 3.8) is 0 Å². The van der Waals surface area contributed by atoms with Gasteiger partial charge in [-0.15, -0.1) is 0 Å². The van der Waals surface area contributed by atoms with Crippen LogP contribution in [0.5, 0.6) is 0 Å². The molecule has 0 aromatic heterocycles. The summed E-state index contributed by atoms with van der Waals surface area (Å²) in [6.45, 7) is 6.67. The number of hydrogen-bond acceptors (Lipinski definition) is 1. The highest BCUT2D eigenvalue weighted by molar-refractivity contribution is 5.26. The summed E-state index contributed by atoms with van der Waals surface area (Å²) >= 11 is 0. The predicted molar refractivity (Wildman–Crippen MR) is 108 cm³/mol. The Balaban J connectivity index is 1.50. The molecule has 2 heteroatoms. The van der Waals surface area contributed by atoms with Crippen molar-refractivity contribution in [1.29, 1.82) is 0 Å². The van der Waals surface area contributed by atoms with Gasteiger partial charge in [-0.2, -0.15) is 0 Å². The maximum Gasteiger partial charge on any atom is 0.101 e. The number of alkyl halides is 1. The summed E-state index contributed by atoms with van der Waals surface area (Å²) < 4.78 is 13.4. The molecular weight excluding hydrogens is 321 g/mol. The number of hydrogen-bond donors (Lipinski definition) is 0. The van der Waals surface area contributed by atoms with Gasteiger partial charge in [-0.3, -0.25) is 4.90 Å². The fraction of sp³-hybridized carbons (Fsp3) is 0.500. The highest BCUT2D eigenvalue weighted by atomic mass is 19.1. The minimum atomic E-state index is -0.592. The lowest BCUT2D eigenvalue weighted by Crippen LogP contribution is -2.32. The van der Waals surface area contributed by atoms with Crippen LogP contribution < -0.4 is 0 Å². The molecule has 140 valence electrons. The Labute approximate surface area is 158 Å². The average Bonchev–Trinajstić information content (AvgIpc) is 3.12. The van der Waals surface area contributed by atoms with Gasteiger partial charge in [0.05, 0.1) is 0 Å². The van der Waals surface area contributed by atoms with Gasteiger partial charge in [0, 0.05) is 12.6 Å². The summed E-state index contributed by atoms with van der Waals surface area (Å²) in [6, 6.07) is 20.2. The molecule has 0 amide bonds. The smallest absolute Gasteiger partial charge is 0.101 e. The van der Waals surface area contributed by atoms with E-state index in [4.69, 9.17) is 0 Å². The molecule has 0 heterocycles. The van der Waals surface area contributed by atoms with Crippen LogP contribution in [0.3, 0.4) is 0 Å². The van der Waals surface area contributed by atoms with Gasteiger partial charge < -0.3 is 0 Å². The summed E-state index contributed by atoms with van der Waals surface area (Å²) in [6.07, 6.45) is 4.12. The quantitative estimate of drug-likeness (QED) is 0.551. The van der Waals surface area contributed by atoms with Crippen LogP contribution in [0.2, 0.25) is 0 Å². The lowest BCUT2D eigenvalue weighted by atomic mass is 9.95. The summed E-state index contributed by atoms with van der Waals surface area (Å²) in [5.41, 5.74) is 4.10. The van der Waals surface area contributed by atoms with Gasteiger partial charge in [0.1, 0.15) is 6.17 Å². The van der Waals surface area contributed by atoms with Gasteiger partial charge >= 0.3 is 0 Å². The Hall–Kier alpha value is -1.67. The molecule has 1 nitrogen and oxygen atoms in total. The first-order valence-electron chi connectivity index (χ1n) is 10.2. The molecule has 0 spiro atoms. The highest BCUT2D eigenvalue weighted by Gasteiger charge is 2.25. The number of rotatable bonds is 8. The second-order valence-corrected chi connectivity index (χ2v) is 7.79. The van der Waals surface area contributed by atoms with Gasteiger partial charge in [-0.05, 0) is 68.2 Å². The first kappa shape index (κ1) is 19.1. The van der Waals surface area contributed by atoms with E-state index in [1.165, 1.54) is 16.7 Å². The lowest BCUT2D eigenvalue weighted by Gasteiger charge is -2.28. The molecule has 2 aromatic carbocycles. The fourth-order valence-corrected chi connectivity index (χ4v) is 4.14. The molecule has 26 heavy (non-hydrogen) atoms. The van der Waals surface area contributed by atoms with Crippen molar-refractivity contribution in [3.05, 3.63) is 71.3 Å². The molecule has 0 radical (unpaired) electrons. The minimum Gasteiger partial charge on any atom is -0.297 e. The number of halogens is 1. The van der Waals surface area contributed by atoms with Gasteiger partial charge in [0.25, 0.3) is 0 Å². The normalized spacial score (nSPS) is 21.2. The lowest BCUT2D eigenvalue weighted by molar-refractivity contribution is 0.201. The summed E-state index contributed by atoms with van der Waals surface area (Å²) in [5, 5.41) is 0. The van der Waals surface area contributed by atoms with E-state index in [2.05, 4.69) is 73.3 Å². The van der Waals surface area contributed by atoms with Crippen LogP contribution in [0, 0.1) is 0 Å². The van der Waals surface area contributed by atoms with E-state index < -0.39 is 6.17 Å². The van der Waals surface area contributed by atoms with E-state index in [0.717, 1.165) is 38.8 Å². The maximum absolute atomic E-state index is 13.4. The van der Waals surface area contributed by atoms with Crippen molar-refractivity contribution in [2.45, 2.75) is 70.6 Å². The van der Waals surface area contributed by atoms with E-state index in [1.807, 2.05) is 0 Å². The molecule has 0 aliphatic heterocycles. The first-order valence-corrected chi connectivity index (χ1v) is 10.2. The summed E-state index contributed by atoms with van der Waals surface area (Å²) in [5.74, 6) is 0.430. The molecule has 3 rings (SSSR count). The Morgan fingerprint density at radius 1 is 1.00 bits per heavy atom.